The van der Waals surface area contributed by atoms with Crippen molar-refractivity contribution >= 4 is 12.6 Å². The third-order valence-corrected chi connectivity index (χ3v) is 10.9. The fourth-order valence-electron chi connectivity index (χ4n) is 4.80. The third kappa shape index (κ3) is 3.76. The Kier molecular flexibility index (Phi) is 6.02. The molecule has 0 aromatic heterocycles. The van der Waals surface area contributed by atoms with Crippen LogP contribution < -0.4 is 10.0 Å². The summed E-state index contributed by atoms with van der Waals surface area (Å²) in [6.07, 6.45) is 14.2. The van der Waals surface area contributed by atoms with Crippen LogP contribution in [-0.4, -0.2) is 17.9 Å². The summed E-state index contributed by atoms with van der Waals surface area (Å²) in [4.78, 5) is 0. The molecule has 0 amide bonds. The lowest BCUT2D eigenvalue weighted by atomic mass is 9.99. The van der Waals surface area contributed by atoms with E-state index >= 15 is 0 Å². The van der Waals surface area contributed by atoms with Crippen molar-refractivity contribution in [3.63, 3.8) is 0 Å². The molecule has 1 aromatic rings. The molecule has 0 saturated heterocycles. The minimum absolute atomic E-state index is 0.749. The maximum Gasteiger partial charge on any atom is 0.123 e. The van der Waals surface area contributed by atoms with Crippen LogP contribution >= 0.6 is 7.26 Å². The fraction of sp³-hybridized carbons (Fsp3) is 0.667. The normalized spacial score (nSPS) is 21.3. The second-order valence-corrected chi connectivity index (χ2v) is 11.3. The molecule has 0 heterocycles. The van der Waals surface area contributed by atoms with Crippen molar-refractivity contribution in [1.82, 2.24) is 0 Å². The number of ether oxygens (including phenoxy) is 1. The molecular weight excluding hydrogens is 299 g/mol. The molecule has 2 aliphatic rings. The number of rotatable bonds is 5. The van der Waals surface area contributed by atoms with E-state index in [-0.39, 0.29) is 0 Å². The average molecular weight is 332 g/mol. The Hall–Kier alpha value is -0.550. The average Bonchev–Trinajstić information content (AvgIpc) is 2.63. The molecule has 0 radical (unpaired) electrons. The molecule has 0 atom stereocenters. The van der Waals surface area contributed by atoms with Crippen LogP contribution in [0.1, 0.15) is 71.1 Å². The summed E-state index contributed by atoms with van der Waals surface area (Å²) in [6.45, 7) is 7.86. The Bertz CT molecular complexity index is 468. The molecule has 1 nitrogen and oxygen atoms in total. The summed E-state index contributed by atoms with van der Waals surface area (Å²) in [7, 11) is -1.35. The van der Waals surface area contributed by atoms with Crippen molar-refractivity contribution in [1.29, 1.82) is 0 Å². The zero-order valence-electron chi connectivity index (χ0n) is 14.8. The van der Waals surface area contributed by atoms with Crippen LogP contribution in [0.25, 0.3) is 0 Å². The monoisotopic (exact) mass is 332 g/mol. The van der Waals surface area contributed by atoms with E-state index in [0.29, 0.717) is 0 Å². The summed E-state index contributed by atoms with van der Waals surface area (Å²) in [5.41, 5.74) is 1.72. The van der Waals surface area contributed by atoms with Gasteiger partial charge >= 0.3 is 0 Å². The summed E-state index contributed by atoms with van der Waals surface area (Å²) >= 11 is 0. The lowest BCUT2D eigenvalue weighted by Crippen LogP contribution is -2.33. The maximum atomic E-state index is 5.81. The predicted octanol–water partition coefficient (Wildman–Crippen LogP) is 6.19. The van der Waals surface area contributed by atoms with E-state index in [4.69, 9.17) is 11.4 Å². The van der Waals surface area contributed by atoms with Gasteiger partial charge in [-0.1, -0.05) is 26.2 Å². The minimum atomic E-state index is -1.35. The number of hydrogen-bond acceptors (Lipinski definition) is 1. The first-order valence-corrected chi connectivity index (χ1v) is 11.8. The molecule has 0 spiro atoms. The fourth-order valence-corrected chi connectivity index (χ4v) is 9.55. The van der Waals surface area contributed by atoms with Gasteiger partial charge in [0, 0.05) is 17.4 Å². The van der Waals surface area contributed by atoms with Crippen molar-refractivity contribution in [2.24, 2.45) is 0 Å². The van der Waals surface area contributed by atoms with E-state index in [0.717, 1.165) is 23.7 Å². The van der Waals surface area contributed by atoms with Crippen LogP contribution in [0.5, 0.6) is 5.75 Å². The van der Waals surface area contributed by atoms with Gasteiger partial charge in [0.2, 0.25) is 0 Å². The van der Waals surface area contributed by atoms with E-state index in [2.05, 4.69) is 31.2 Å². The smallest absolute Gasteiger partial charge is 0.123 e. The second-order valence-electron chi connectivity index (χ2n) is 7.44. The Morgan fingerprint density at radius 2 is 1.52 bits per heavy atom. The SMILES string of the molecule is [CH2-][P+](c1cccc(OCC)c1)(C1CCCCC1)C1CCCCC1. The van der Waals surface area contributed by atoms with Gasteiger partial charge in [-0.15, -0.1) is 0 Å². The molecule has 0 unspecified atom stereocenters. The molecule has 2 aliphatic carbocycles. The Morgan fingerprint density at radius 1 is 0.957 bits per heavy atom. The van der Waals surface area contributed by atoms with Gasteiger partial charge < -0.3 is 4.74 Å². The molecule has 128 valence electrons. The van der Waals surface area contributed by atoms with Crippen LogP contribution in [-0.2, 0) is 0 Å². The zero-order valence-corrected chi connectivity index (χ0v) is 15.7. The zero-order chi connectivity index (χ0) is 16.1. The molecule has 0 aliphatic heterocycles. The highest BCUT2D eigenvalue weighted by Gasteiger charge is 2.44. The van der Waals surface area contributed by atoms with Gasteiger partial charge in [0.15, 0.2) is 0 Å². The quantitative estimate of drug-likeness (QED) is 0.462. The van der Waals surface area contributed by atoms with Crippen molar-refractivity contribution in [3.05, 3.63) is 30.9 Å². The van der Waals surface area contributed by atoms with Gasteiger partial charge in [-0.05, 0) is 70.4 Å². The van der Waals surface area contributed by atoms with Gasteiger partial charge in [0.25, 0.3) is 0 Å². The van der Waals surface area contributed by atoms with Gasteiger partial charge in [0.1, 0.15) is 5.75 Å². The van der Waals surface area contributed by atoms with E-state index in [1.165, 1.54) is 64.2 Å². The predicted molar refractivity (Wildman–Crippen MR) is 103 cm³/mol. The standard InChI is InChI=1S/C21H33OP/c1-3-22-18-11-10-16-21(17-18)23(2,19-12-6-4-7-13-19)20-14-8-5-9-15-20/h10-11,16-17,19-20H,2-9,12-15H2,1H3. The van der Waals surface area contributed by atoms with Crippen molar-refractivity contribution in [2.45, 2.75) is 82.4 Å². The molecule has 0 N–H and O–H groups in total. The van der Waals surface area contributed by atoms with Crippen LogP contribution in [0.2, 0.25) is 0 Å². The summed E-state index contributed by atoms with van der Waals surface area (Å²) in [5.74, 6) is 1.05. The van der Waals surface area contributed by atoms with Crippen LogP contribution in [0.3, 0.4) is 0 Å². The van der Waals surface area contributed by atoms with Gasteiger partial charge in [-0.2, -0.15) is 6.66 Å². The van der Waals surface area contributed by atoms with E-state index in [9.17, 15) is 0 Å². The molecule has 2 heteroatoms. The van der Waals surface area contributed by atoms with Gasteiger partial charge in [0.05, 0.1) is 11.9 Å². The van der Waals surface area contributed by atoms with E-state index in [1.807, 2.05) is 0 Å². The van der Waals surface area contributed by atoms with E-state index in [1.54, 1.807) is 5.30 Å². The Balaban J connectivity index is 1.94. The second kappa shape index (κ2) is 8.02. The highest BCUT2D eigenvalue weighted by molar-refractivity contribution is 7.85. The number of hydrogen-bond donors (Lipinski definition) is 0. The summed E-state index contributed by atoms with van der Waals surface area (Å²) < 4.78 is 5.81. The van der Waals surface area contributed by atoms with Crippen LogP contribution in [0, 0.1) is 6.66 Å². The van der Waals surface area contributed by atoms with Gasteiger partial charge in [-0.3, -0.25) is 0 Å². The Morgan fingerprint density at radius 3 is 2.04 bits per heavy atom. The van der Waals surface area contributed by atoms with Gasteiger partial charge in [-0.25, -0.2) is 0 Å². The lowest BCUT2D eigenvalue weighted by molar-refractivity contribution is 0.340. The largest absolute Gasteiger partial charge is 0.494 e. The van der Waals surface area contributed by atoms with Crippen molar-refractivity contribution < 1.29 is 4.74 Å². The molecule has 1 aromatic carbocycles. The molecule has 2 saturated carbocycles. The Labute approximate surface area is 143 Å². The third-order valence-electron chi connectivity index (χ3n) is 6.06. The molecule has 3 rings (SSSR count). The first-order chi connectivity index (χ1) is 11.2. The number of benzene rings is 1. The van der Waals surface area contributed by atoms with Crippen molar-refractivity contribution in [3.8, 4) is 5.75 Å². The lowest BCUT2D eigenvalue weighted by Gasteiger charge is -2.46. The molecule has 2 fully saturated rings. The topological polar surface area (TPSA) is 9.23 Å². The maximum absolute atomic E-state index is 5.81. The molecular formula is C21H33OP. The first kappa shape index (κ1) is 17.3. The summed E-state index contributed by atoms with van der Waals surface area (Å²) in [5, 5.41) is 1.54. The minimum Gasteiger partial charge on any atom is -0.494 e. The highest BCUT2D eigenvalue weighted by Crippen LogP contribution is 2.70. The summed E-state index contributed by atoms with van der Waals surface area (Å²) in [6, 6.07) is 9.02. The van der Waals surface area contributed by atoms with Crippen molar-refractivity contribution in [2.75, 3.05) is 6.61 Å². The van der Waals surface area contributed by atoms with Crippen LogP contribution in [0.15, 0.2) is 24.3 Å². The first-order valence-electron chi connectivity index (χ1n) is 9.71. The highest BCUT2D eigenvalue weighted by atomic mass is 31.2. The molecule has 0 bridgehead atoms. The van der Waals surface area contributed by atoms with E-state index < -0.39 is 7.26 Å². The molecule has 23 heavy (non-hydrogen) atoms. The van der Waals surface area contributed by atoms with Crippen LogP contribution in [0.4, 0.5) is 0 Å².